The van der Waals surface area contributed by atoms with E-state index in [4.69, 9.17) is 9.84 Å². The van der Waals surface area contributed by atoms with Crippen molar-refractivity contribution in [2.24, 2.45) is 0 Å². The number of hydrogen-bond acceptors (Lipinski definition) is 4. The van der Waals surface area contributed by atoms with Crippen molar-refractivity contribution in [3.05, 3.63) is 65.2 Å². The van der Waals surface area contributed by atoms with Gasteiger partial charge in [0.15, 0.2) is 12.4 Å². The maximum absolute atomic E-state index is 12.7. The number of carbonyl (C=O) groups is 2. The minimum atomic E-state index is -1.00. The molecule has 3 rings (SSSR count). The lowest BCUT2D eigenvalue weighted by Gasteiger charge is -2.29. The Kier molecular flexibility index (Phi) is 6.82. The van der Waals surface area contributed by atoms with Crippen molar-refractivity contribution in [3.63, 3.8) is 0 Å². The third kappa shape index (κ3) is 5.67. The number of piperidine rings is 1. The van der Waals surface area contributed by atoms with Crippen molar-refractivity contribution in [2.75, 3.05) is 26.7 Å². The van der Waals surface area contributed by atoms with Gasteiger partial charge in [0.25, 0.3) is 0 Å². The molecule has 28 heavy (non-hydrogen) atoms. The van der Waals surface area contributed by atoms with Gasteiger partial charge in [0.05, 0.1) is 0 Å². The number of nitrogens with zero attached hydrogens (tertiary/aromatic N) is 1. The van der Waals surface area contributed by atoms with Crippen LogP contribution < -0.4 is 4.74 Å². The Labute approximate surface area is 165 Å². The largest absolute Gasteiger partial charge is 0.482 e. The molecule has 0 saturated carbocycles. The molecule has 0 unspecified atom stereocenters. The monoisotopic (exact) mass is 381 g/mol. The van der Waals surface area contributed by atoms with E-state index < -0.39 is 5.97 Å². The van der Waals surface area contributed by atoms with Crippen molar-refractivity contribution < 1.29 is 19.4 Å². The lowest BCUT2D eigenvalue weighted by atomic mass is 9.88. The maximum Gasteiger partial charge on any atom is 0.341 e. The van der Waals surface area contributed by atoms with Gasteiger partial charge in [-0.1, -0.05) is 30.3 Å². The van der Waals surface area contributed by atoms with Crippen LogP contribution in [0.5, 0.6) is 5.75 Å². The van der Waals surface area contributed by atoms with E-state index in [0.717, 1.165) is 37.1 Å². The summed E-state index contributed by atoms with van der Waals surface area (Å²) in [5.74, 6) is 0.212. The van der Waals surface area contributed by atoms with Crippen molar-refractivity contribution in [1.29, 1.82) is 0 Å². The van der Waals surface area contributed by atoms with Crippen molar-refractivity contribution in [1.82, 2.24) is 4.90 Å². The molecular weight excluding hydrogens is 354 g/mol. The van der Waals surface area contributed by atoms with Crippen molar-refractivity contribution in [3.8, 4) is 5.75 Å². The molecule has 5 heteroatoms. The molecule has 1 fully saturated rings. The fraction of sp³-hybridized carbons (Fsp3) is 0.391. The molecule has 2 aromatic rings. The number of carbonyl (C=O) groups excluding carboxylic acids is 1. The number of aryl methyl sites for hydroxylation is 1. The number of carboxylic acids is 1. The number of ketones is 1. The first-order valence-corrected chi connectivity index (χ1v) is 9.76. The van der Waals surface area contributed by atoms with E-state index in [1.807, 2.05) is 24.3 Å². The van der Waals surface area contributed by atoms with Crippen molar-refractivity contribution in [2.45, 2.75) is 31.6 Å². The predicted molar refractivity (Wildman–Crippen MR) is 108 cm³/mol. The molecule has 2 aromatic carbocycles. The molecule has 148 valence electrons. The summed E-state index contributed by atoms with van der Waals surface area (Å²) in [5, 5.41) is 8.63. The van der Waals surface area contributed by atoms with Crippen LogP contribution in [0.3, 0.4) is 0 Å². The van der Waals surface area contributed by atoms with Gasteiger partial charge >= 0.3 is 5.97 Å². The maximum atomic E-state index is 12.7. The summed E-state index contributed by atoms with van der Waals surface area (Å²) in [6, 6.07) is 15.3. The Hall–Kier alpha value is -2.66. The number of Topliss-reactive ketones (excluding diaryl/α,β-unsaturated/α-hetero) is 1. The number of benzene rings is 2. The molecule has 0 radical (unpaired) electrons. The molecule has 0 aliphatic carbocycles. The second kappa shape index (κ2) is 9.51. The summed E-state index contributed by atoms with van der Waals surface area (Å²) >= 11 is 0. The van der Waals surface area contributed by atoms with E-state index in [1.54, 1.807) is 12.1 Å². The number of carboxylic acid groups (broad SMARTS) is 1. The van der Waals surface area contributed by atoms with Gasteiger partial charge in [0.2, 0.25) is 0 Å². The van der Waals surface area contributed by atoms with Gasteiger partial charge in [-0.05, 0) is 74.6 Å². The molecule has 0 amide bonds. The molecule has 0 spiro atoms. The van der Waals surface area contributed by atoms with Crippen LogP contribution in [0.15, 0.2) is 48.5 Å². The molecule has 1 aliphatic heterocycles. The van der Waals surface area contributed by atoms with Crippen LogP contribution in [0.2, 0.25) is 0 Å². The highest BCUT2D eigenvalue weighted by molar-refractivity contribution is 5.96. The lowest BCUT2D eigenvalue weighted by molar-refractivity contribution is -0.139. The Morgan fingerprint density at radius 2 is 1.82 bits per heavy atom. The quantitative estimate of drug-likeness (QED) is 0.705. The van der Waals surface area contributed by atoms with Gasteiger partial charge in [-0.15, -0.1) is 0 Å². The minimum Gasteiger partial charge on any atom is -0.482 e. The zero-order chi connectivity index (χ0) is 19.9. The van der Waals surface area contributed by atoms with Gasteiger partial charge in [-0.2, -0.15) is 0 Å². The van der Waals surface area contributed by atoms with Crippen LogP contribution in [-0.2, 0) is 11.2 Å². The van der Waals surface area contributed by atoms with Crippen LogP contribution >= 0.6 is 0 Å². The first-order valence-electron chi connectivity index (χ1n) is 9.76. The molecule has 5 nitrogen and oxygen atoms in total. The highest BCUT2D eigenvalue weighted by Gasteiger charge is 2.19. The Morgan fingerprint density at radius 1 is 1.11 bits per heavy atom. The van der Waals surface area contributed by atoms with Gasteiger partial charge in [-0.3, -0.25) is 4.79 Å². The van der Waals surface area contributed by atoms with Crippen LogP contribution in [0, 0.1) is 0 Å². The molecule has 1 N–H and O–H groups in total. The second-order valence-electron chi connectivity index (χ2n) is 7.45. The standard InChI is InChI=1S/C23H27NO4/c1-24-13-11-18(12-14-24)19-3-2-4-20(15-19)22(25)10-7-17-5-8-21(9-6-17)28-16-23(26)27/h2-6,8-9,15,18H,7,10-14,16H2,1H3,(H,26,27). The first-order chi connectivity index (χ1) is 13.5. The summed E-state index contributed by atoms with van der Waals surface area (Å²) in [6.45, 7) is 1.86. The summed E-state index contributed by atoms with van der Waals surface area (Å²) < 4.78 is 5.13. The Bertz CT molecular complexity index is 808. The second-order valence-corrected chi connectivity index (χ2v) is 7.45. The van der Waals surface area contributed by atoms with Crippen LogP contribution in [0.4, 0.5) is 0 Å². The fourth-order valence-corrected chi connectivity index (χ4v) is 3.61. The Balaban J connectivity index is 1.55. The normalized spacial score (nSPS) is 15.3. The van der Waals surface area contributed by atoms with Crippen molar-refractivity contribution >= 4 is 11.8 Å². The number of ether oxygens (including phenoxy) is 1. The third-order valence-corrected chi connectivity index (χ3v) is 5.32. The average molecular weight is 381 g/mol. The molecule has 0 bridgehead atoms. The smallest absolute Gasteiger partial charge is 0.341 e. The predicted octanol–water partition coefficient (Wildman–Crippen LogP) is 3.77. The molecular formula is C23H27NO4. The van der Waals surface area contributed by atoms with Crippen LogP contribution in [0.25, 0.3) is 0 Å². The number of aliphatic carboxylic acids is 1. The summed E-state index contributed by atoms with van der Waals surface area (Å²) in [7, 11) is 2.15. The van der Waals surface area contributed by atoms with Gasteiger partial charge < -0.3 is 14.7 Å². The highest BCUT2D eigenvalue weighted by Crippen LogP contribution is 2.28. The average Bonchev–Trinajstić information content (AvgIpc) is 2.72. The van der Waals surface area contributed by atoms with E-state index in [0.29, 0.717) is 24.5 Å². The van der Waals surface area contributed by atoms with E-state index >= 15 is 0 Å². The highest BCUT2D eigenvalue weighted by atomic mass is 16.5. The fourth-order valence-electron chi connectivity index (χ4n) is 3.61. The first kappa shape index (κ1) is 20.1. The number of rotatable bonds is 8. The summed E-state index contributed by atoms with van der Waals surface area (Å²) in [6.07, 6.45) is 3.39. The van der Waals surface area contributed by atoms with Crippen LogP contribution in [-0.4, -0.2) is 48.5 Å². The summed E-state index contributed by atoms with van der Waals surface area (Å²) in [4.78, 5) is 25.5. The van der Waals surface area contributed by atoms with E-state index in [9.17, 15) is 9.59 Å². The third-order valence-electron chi connectivity index (χ3n) is 5.32. The van der Waals surface area contributed by atoms with E-state index in [1.165, 1.54) is 5.56 Å². The Morgan fingerprint density at radius 3 is 2.50 bits per heavy atom. The summed E-state index contributed by atoms with van der Waals surface area (Å²) in [5.41, 5.74) is 3.10. The molecule has 1 aliphatic rings. The van der Waals surface area contributed by atoms with E-state index in [2.05, 4.69) is 24.1 Å². The minimum absolute atomic E-state index is 0.154. The lowest BCUT2D eigenvalue weighted by Crippen LogP contribution is -2.29. The molecule has 1 heterocycles. The topological polar surface area (TPSA) is 66.8 Å². The van der Waals surface area contributed by atoms with Gasteiger partial charge in [0, 0.05) is 12.0 Å². The molecule has 1 saturated heterocycles. The molecule has 0 atom stereocenters. The van der Waals surface area contributed by atoms with Gasteiger partial charge in [0.1, 0.15) is 5.75 Å². The van der Waals surface area contributed by atoms with Gasteiger partial charge in [-0.25, -0.2) is 4.79 Å². The van der Waals surface area contributed by atoms with Crippen LogP contribution in [0.1, 0.15) is 46.7 Å². The zero-order valence-corrected chi connectivity index (χ0v) is 16.3. The number of likely N-dealkylation sites (tertiary alicyclic amines) is 1. The SMILES string of the molecule is CN1CCC(c2cccc(C(=O)CCc3ccc(OCC(=O)O)cc3)c2)CC1. The molecule has 0 aromatic heterocycles. The number of hydrogen-bond donors (Lipinski definition) is 1. The zero-order valence-electron chi connectivity index (χ0n) is 16.3. The van der Waals surface area contributed by atoms with E-state index in [-0.39, 0.29) is 12.4 Å².